The second kappa shape index (κ2) is 7.34. The Hall–Kier alpha value is -2.97. The number of fused-ring (bicyclic) bond motifs is 1. The molecule has 27 heavy (non-hydrogen) atoms. The molecular formula is C22H20FN3O. The molecule has 1 aliphatic rings. The molecule has 5 heteroatoms. The third-order valence-electron chi connectivity index (χ3n) is 5.05. The lowest BCUT2D eigenvalue weighted by molar-refractivity contribution is 0.00981. The fourth-order valence-corrected chi connectivity index (χ4v) is 3.71. The molecule has 0 amide bonds. The molecule has 0 radical (unpaired) electrons. The number of aryl methyl sites for hydroxylation is 1. The van der Waals surface area contributed by atoms with Crippen molar-refractivity contribution in [3.8, 4) is 6.07 Å². The van der Waals surface area contributed by atoms with Gasteiger partial charge in [0.15, 0.2) is 0 Å². The van der Waals surface area contributed by atoms with Crippen molar-refractivity contribution < 1.29 is 9.13 Å². The van der Waals surface area contributed by atoms with Crippen LogP contribution in [-0.2, 0) is 4.74 Å². The van der Waals surface area contributed by atoms with E-state index in [1.54, 1.807) is 6.20 Å². The van der Waals surface area contributed by atoms with Gasteiger partial charge in [0.25, 0.3) is 0 Å². The number of benzene rings is 2. The molecule has 4 nitrogen and oxygen atoms in total. The fourth-order valence-electron chi connectivity index (χ4n) is 3.71. The number of anilines is 1. The Bertz CT molecular complexity index is 1010. The van der Waals surface area contributed by atoms with Crippen LogP contribution in [-0.4, -0.2) is 17.6 Å². The van der Waals surface area contributed by atoms with E-state index < -0.39 is 0 Å². The largest absolute Gasteiger partial charge is 0.380 e. The number of aromatic nitrogens is 1. The maximum absolute atomic E-state index is 14.0. The van der Waals surface area contributed by atoms with E-state index in [9.17, 15) is 9.65 Å². The van der Waals surface area contributed by atoms with Crippen molar-refractivity contribution in [2.75, 3.05) is 11.9 Å². The standard InChI is InChI=1S/C22H20FN3O/c1-14-9-17(23)10-19-21(14)25-13-16(12-24)22(19)26-18-7-8-27-20(11-18)15-5-3-2-4-6-15/h2-6,9-10,13,18,20H,7-8,11H2,1H3,(H,25,26). The summed E-state index contributed by atoms with van der Waals surface area (Å²) < 4.78 is 20.0. The van der Waals surface area contributed by atoms with E-state index in [1.807, 2.05) is 25.1 Å². The molecule has 0 saturated carbocycles. The van der Waals surface area contributed by atoms with Gasteiger partial charge >= 0.3 is 0 Å². The summed E-state index contributed by atoms with van der Waals surface area (Å²) in [6.07, 6.45) is 3.18. The monoisotopic (exact) mass is 361 g/mol. The molecule has 3 aromatic rings. The molecule has 2 unspecified atom stereocenters. The molecule has 0 spiro atoms. The Morgan fingerprint density at radius 2 is 2.07 bits per heavy atom. The highest BCUT2D eigenvalue weighted by atomic mass is 19.1. The Labute approximate surface area is 157 Å². The van der Waals surface area contributed by atoms with Crippen LogP contribution < -0.4 is 5.32 Å². The number of nitrogens with one attached hydrogen (secondary N) is 1. The predicted molar refractivity (Wildman–Crippen MR) is 103 cm³/mol. The maximum Gasteiger partial charge on any atom is 0.124 e. The topological polar surface area (TPSA) is 57.9 Å². The first-order valence-corrected chi connectivity index (χ1v) is 9.07. The zero-order valence-electron chi connectivity index (χ0n) is 15.1. The molecule has 2 heterocycles. The summed E-state index contributed by atoms with van der Waals surface area (Å²) in [5.74, 6) is -0.325. The minimum Gasteiger partial charge on any atom is -0.380 e. The molecule has 1 N–H and O–H groups in total. The van der Waals surface area contributed by atoms with Gasteiger partial charge in [-0.1, -0.05) is 30.3 Å². The smallest absolute Gasteiger partial charge is 0.124 e. The van der Waals surface area contributed by atoms with E-state index in [0.717, 1.165) is 24.0 Å². The summed E-state index contributed by atoms with van der Waals surface area (Å²) in [7, 11) is 0. The quantitative estimate of drug-likeness (QED) is 0.722. The zero-order valence-corrected chi connectivity index (χ0v) is 15.1. The lowest BCUT2D eigenvalue weighted by Gasteiger charge is -2.31. The van der Waals surface area contributed by atoms with Crippen LogP contribution in [0.2, 0.25) is 0 Å². The number of hydrogen-bond donors (Lipinski definition) is 1. The number of nitriles is 1. The summed E-state index contributed by atoms with van der Waals surface area (Å²) in [4.78, 5) is 4.36. The van der Waals surface area contributed by atoms with Crippen LogP contribution in [0.25, 0.3) is 10.9 Å². The summed E-state index contributed by atoms with van der Waals surface area (Å²) >= 11 is 0. The maximum atomic E-state index is 14.0. The average molecular weight is 361 g/mol. The van der Waals surface area contributed by atoms with Gasteiger partial charge in [-0.15, -0.1) is 0 Å². The molecular weight excluding hydrogens is 341 g/mol. The lowest BCUT2D eigenvalue weighted by Crippen LogP contribution is -2.30. The van der Waals surface area contributed by atoms with Gasteiger partial charge in [0, 0.05) is 24.2 Å². The van der Waals surface area contributed by atoms with Crippen LogP contribution in [0.5, 0.6) is 0 Å². The second-order valence-corrected chi connectivity index (χ2v) is 6.91. The third-order valence-corrected chi connectivity index (χ3v) is 5.05. The highest BCUT2D eigenvalue weighted by Gasteiger charge is 2.25. The van der Waals surface area contributed by atoms with Crippen molar-refractivity contribution in [1.29, 1.82) is 5.26 Å². The first kappa shape index (κ1) is 17.4. The molecule has 136 valence electrons. The lowest BCUT2D eigenvalue weighted by atomic mass is 9.96. The Balaban J connectivity index is 1.67. The normalized spacial score (nSPS) is 19.6. The van der Waals surface area contributed by atoms with Crippen molar-refractivity contribution in [3.63, 3.8) is 0 Å². The van der Waals surface area contributed by atoms with E-state index >= 15 is 0 Å². The molecule has 2 atom stereocenters. The highest BCUT2D eigenvalue weighted by molar-refractivity contribution is 5.95. The first-order valence-electron chi connectivity index (χ1n) is 9.07. The summed E-state index contributed by atoms with van der Waals surface area (Å²) in [6, 6.07) is 15.4. The van der Waals surface area contributed by atoms with Crippen molar-refractivity contribution in [3.05, 3.63) is 71.2 Å². The van der Waals surface area contributed by atoms with E-state index in [0.29, 0.717) is 28.8 Å². The second-order valence-electron chi connectivity index (χ2n) is 6.91. The predicted octanol–water partition coefficient (Wildman–Crippen LogP) is 4.89. The number of ether oxygens (including phenoxy) is 1. The molecule has 0 aliphatic carbocycles. The number of halogens is 1. The van der Waals surface area contributed by atoms with Gasteiger partial charge < -0.3 is 10.1 Å². The SMILES string of the molecule is Cc1cc(F)cc2c(NC3CCOC(c4ccccc4)C3)c(C#N)cnc12. The van der Waals surface area contributed by atoms with Gasteiger partial charge in [0.2, 0.25) is 0 Å². The molecule has 0 bridgehead atoms. The van der Waals surface area contributed by atoms with E-state index in [1.165, 1.54) is 12.1 Å². The van der Waals surface area contributed by atoms with Crippen molar-refractivity contribution in [2.45, 2.75) is 31.9 Å². The van der Waals surface area contributed by atoms with Crippen LogP contribution >= 0.6 is 0 Å². The van der Waals surface area contributed by atoms with Crippen LogP contribution in [0.4, 0.5) is 10.1 Å². The molecule has 1 saturated heterocycles. The van der Waals surface area contributed by atoms with Crippen molar-refractivity contribution in [1.82, 2.24) is 4.98 Å². The van der Waals surface area contributed by atoms with Gasteiger partial charge in [-0.3, -0.25) is 4.98 Å². The van der Waals surface area contributed by atoms with Gasteiger partial charge in [-0.05, 0) is 43.0 Å². The Morgan fingerprint density at radius 1 is 1.26 bits per heavy atom. The summed E-state index contributed by atoms with van der Waals surface area (Å²) in [5.41, 5.74) is 3.70. The van der Waals surface area contributed by atoms with Gasteiger partial charge in [0.1, 0.15) is 11.9 Å². The Kier molecular flexibility index (Phi) is 4.74. The van der Waals surface area contributed by atoms with Gasteiger partial charge in [0.05, 0.1) is 22.9 Å². The van der Waals surface area contributed by atoms with Crippen molar-refractivity contribution >= 4 is 16.6 Å². The number of hydrogen-bond acceptors (Lipinski definition) is 4. The summed E-state index contributed by atoms with van der Waals surface area (Å²) in [6.45, 7) is 2.46. The van der Waals surface area contributed by atoms with Crippen LogP contribution in [0, 0.1) is 24.1 Å². The molecule has 1 fully saturated rings. The molecule has 2 aromatic carbocycles. The van der Waals surface area contributed by atoms with E-state index in [2.05, 4.69) is 28.5 Å². The number of pyridine rings is 1. The van der Waals surface area contributed by atoms with Gasteiger partial charge in [-0.2, -0.15) is 5.26 Å². The van der Waals surface area contributed by atoms with Crippen LogP contribution in [0.1, 0.15) is 35.6 Å². The van der Waals surface area contributed by atoms with E-state index in [4.69, 9.17) is 4.74 Å². The fraction of sp³-hybridized carbons (Fsp3) is 0.273. The zero-order chi connectivity index (χ0) is 18.8. The van der Waals surface area contributed by atoms with Crippen LogP contribution in [0.15, 0.2) is 48.7 Å². The third kappa shape index (κ3) is 3.49. The first-order chi connectivity index (χ1) is 13.2. The molecule has 1 aliphatic heterocycles. The minimum absolute atomic E-state index is 0.00885. The molecule has 1 aromatic heterocycles. The minimum atomic E-state index is -0.325. The van der Waals surface area contributed by atoms with Crippen LogP contribution in [0.3, 0.4) is 0 Å². The van der Waals surface area contributed by atoms with Crippen molar-refractivity contribution in [2.24, 2.45) is 0 Å². The Morgan fingerprint density at radius 3 is 2.85 bits per heavy atom. The number of nitrogens with zero attached hydrogens (tertiary/aromatic N) is 2. The van der Waals surface area contributed by atoms with Gasteiger partial charge in [-0.25, -0.2) is 4.39 Å². The number of rotatable bonds is 3. The highest BCUT2D eigenvalue weighted by Crippen LogP contribution is 2.33. The average Bonchev–Trinajstić information content (AvgIpc) is 2.69. The summed E-state index contributed by atoms with van der Waals surface area (Å²) in [5, 5.41) is 13.7. The van der Waals surface area contributed by atoms with E-state index in [-0.39, 0.29) is 18.0 Å². The molecule has 4 rings (SSSR count).